The maximum Gasteiger partial charge on any atom is 0.213 e. The molecule has 1 atom stereocenters. The lowest BCUT2D eigenvalue weighted by Crippen LogP contribution is -2.50. The first-order chi connectivity index (χ1) is 10.3. The normalized spacial score (nSPS) is 12.8. The number of pyridine rings is 1. The van der Waals surface area contributed by atoms with Gasteiger partial charge in [0, 0.05) is 6.07 Å². The standard InChI is InChI=1S/C16H26N4O2/c1-11(2)15-12(8-9-14(18-15)21-7)22-13(10-17)16(19(3)4)20(5)6/h8-9,11,13,16H,1-7H3. The first-order valence-corrected chi connectivity index (χ1v) is 7.25. The Morgan fingerprint density at radius 2 is 1.73 bits per heavy atom. The van der Waals surface area contributed by atoms with Gasteiger partial charge in [0.1, 0.15) is 18.0 Å². The molecule has 0 amide bonds. The molecule has 122 valence electrons. The van der Waals surface area contributed by atoms with E-state index in [0.29, 0.717) is 11.6 Å². The minimum absolute atomic E-state index is 0.160. The highest BCUT2D eigenvalue weighted by molar-refractivity contribution is 5.34. The minimum Gasteiger partial charge on any atom is -0.481 e. The maximum atomic E-state index is 9.51. The second kappa shape index (κ2) is 7.97. The van der Waals surface area contributed by atoms with Crippen molar-refractivity contribution in [1.29, 1.82) is 5.26 Å². The van der Waals surface area contributed by atoms with Crippen LogP contribution in [0.4, 0.5) is 0 Å². The van der Waals surface area contributed by atoms with Crippen LogP contribution < -0.4 is 9.47 Å². The summed E-state index contributed by atoms with van der Waals surface area (Å²) in [5.74, 6) is 1.33. The molecule has 0 saturated carbocycles. The van der Waals surface area contributed by atoms with Crippen molar-refractivity contribution in [2.75, 3.05) is 35.3 Å². The molecule has 0 aliphatic heterocycles. The van der Waals surface area contributed by atoms with Crippen LogP contribution in [0.25, 0.3) is 0 Å². The summed E-state index contributed by atoms with van der Waals surface area (Å²) < 4.78 is 11.1. The lowest BCUT2D eigenvalue weighted by atomic mass is 10.1. The van der Waals surface area contributed by atoms with Crippen molar-refractivity contribution < 1.29 is 9.47 Å². The van der Waals surface area contributed by atoms with Crippen LogP contribution in [0.3, 0.4) is 0 Å². The fourth-order valence-electron chi connectivity index (χ4n) is 2.36. The van der Waals surface area contributed by atoms with Gasteiger partial charge in [-0.2, -0.15) is 5.26 Å². The summed E-state index contributed by atoms with van der Waals surface area (Å²) >= 11 is 0. The summed E-state index contributed by atoms with van der Waals surface area (Å²) in [7, 11) is 9.28. The molecule has 0 bridgehead atoms. The van der Waals surface area contributed by atoms with E-state index in [0.717, 1.165) is 5.69 Å². The average molecular weight is 306 g/mol. The van der Waals surface area contributed by atoms with E-state index in [1.165, 1.54) is 0 Å². The fraction of sp³-hybridized carbons (Fsp3) is 0.625. The molecule has 0 radical (unpaired) electrons. The highest BCUT2D eigenvalue weighted by Crippen LogP contribution is 2.28. The van der Waals surface area contributed by atoms with Crippen molar-refractivity contribution in [1.82, 2.24) is 14.8 Å². The third-order valence-corrected chi connectivity index (χ3v) is 3.33. The number of rotatable bonds is 7. The van der Waals surface area contributed by atoms with E-state index >= 15 is 0 Å². The summed E-state index contributed by atoms with van der Waals surface area (Å²) in [6.07, 6.45) is -0.787. The Kier molecular flexibility index (Phi) is 6.60. The number of methoxy groups -OCH3 is 1. The average Bonchev–Trinajstić information content (AvgIpc) is 2.45. The molecule has 6 nitrogen and oxygen atoms in total. The quantitative estimate of drug-likeness (QED) is 0.717. The number of nitrogens with zero attached hydrogens (tertiary/aromatic N) is 4. The molecule has 0 aliphatic rings. The zero-order chi connectivity index (χ0) is 16.9. The lowest BCUT2D eigenvalue weighted by Gasteiger charge is -2.34. The highest BCUT2D eigenvalue weighted by atomic mass is 16.5. The Labute approximate surface area is 133 Å². The van der Waals surface area contributed by atoms with Crippen LogP contribution in [0.2, 0.25) is 0 Å². The van der Waals surface area contributed by atoms with Gasteiger partial charge in [-0.15, -0.1) is 0 Å². The monoisotopic (exact) mass is 306 g/mol. The Balaban J connectivity index is 3.13. The number of ether oxygens (including phenoxy) is 2. The molecular weight excluding hydrogens is 280 g/mol. The van der Waals surface area contributed by atoms with Gasteiger partial charge in [0.05, 0.1) is 12.8 Å². The Morgan fingerprint density at radius 3 is 2.14 bits per heavy atom. The van der Waals surface area contributed by atoms with E-state index in [1.54, 1.807) is 13.2 Å². The van der Waals surface area contributed by atoms with Crippen molar-refractivity contribution in [3.05, 3.63) is 17.8 Å². The largest absolute Gasteiger partial charge is 0.481 e. The molecule has 0 saturated heterocycles. The van der Waals surface area contributed by atoms with Crippen molar-refractivity contribution in [2.45, 2.75) is 32.0 Å². The Bertz CT molecular complexity index is 515. The van der Waals surface area contributed by atoms with Gasteiger partial charge in [-0.3, -0.25) is 9.80 Å². The molecule has 0 aromatic carbocycles. The predicted octanol–water partition coefficient (Wildman–Crippen LogP) is 1.93. The Hall–Kier alpha value is -1.84. The van der Waals surface area contributed by atoms with Crippen LogP contribution in [0.15, 0.2) is 12.1 Å². The van der Waals surface area contributed by atoms with Gasteiger partial charge < -0.3 is 9.47 Å². The highest BCUT2D eigenvalue weighted by Gasteiger charge is 2.28. The molecule has 0 N–H and O–H groups in total. The van der Waals surface area contributed by atoms with E-state index in [4.69, 9.17) is 9.47 Å². The van der Waals surface area contributed by atoms with Crippen LogP contribution in [0.5, 0.6) is 11.6 Å². The molecule has 1 aromatic rings. The van der Waals surface area contributed by atoms with E-state index in [1.807, 2.05) is 57.9 Å². The third kappa shape index (κ3) is 4.33. The second-order valence-corrected chi connectivity index (χ2v) is 5.90. The van der Waals surface area contributed by atoms with Gasteiger partial charge in [-0.25, -0.2) is 4.98 Å². The number of nitriles is 1. The number of hydrogen-bond acceptors (Lipinski definition) is 6. The van der Waals surface area contributed by atoms with Gasteiger partial charge >= 0.3 is 0 Å². The number of aromatic nitrogens is 1. The molecular formula is C16H26N4O2. The predicted molar refractivity (Wildman–Crippen MR) is 86.1 cm³/mol. The second-order valence-electron chi connectivity index (χ2n) is 5.90. The van der Waals surface area contributed by atoms with Crippen molar-refractivity contribution in [3.63, 3.8) is 0 Å². The molecule has 6 heteroatoms. The third-order valence-electron chi connectivity index (χ3n) is 3.33. The van der Waals surface area contributed by atoms with Crippen molar-refractivity contribution in [3.8, 4) is 17.7 Å². The first-order valence-electron chi connectivity index (χ1n) is 7.25. The van der Waals surface area contributed by atoms with Gasteiger partial charge in [-0.1, -0.05) is 13.8 Å². The summed E-state index contributed by atoms with van der Waals surface area (Å²) in [5, 5.41) is 9.51. The zero-order valence-corrected chi connectivity index (χ0v) is 14.5. The van der Waals surface area contributed by atoms with Gasteiger partial charge in [0.2, 0.25) is 12.0 Å². The summed E-state index contributed by atoms with van der Waals surface area (Å²) in [5.41, 5.74) is 0.788. The minimum atomic E-state index is -0.627. The smallest absolute Gasteiger partial charge is 0.213 e. The molecule has 0 spiro atoms. The fourth-order valence-corrected chi connectivity index (χ4v) is 2.36. The molecule has 1 aromatic heterocycles. The summed E-state index contributed by atoms with van der Waals surface area (Å²) in [6.45, 7) is 4.07. The van der Waals surface area contributed by atoms with Crippen LogP contribution >= 0.6 is 0 Å². The molecule has 0 aliphatic carbocycles. The van der Waals surface area contributed by atoms with Crippen LogP contribution in [0.1, 0.15) is 25.5 Å². The molecule has 1 rings (SSSR count). The summed E-state index contributed by atoms with van der Waals surface area (Å²) in [4.78, 5) is 8.36. The molecule has 22 heavy (non-hydrogen) atoms. The van der Waals surface area contributed by atoms with Crippen molar-refractivity contribution in [2.24, 2.45) is 0 Å². The van der Waals surface area contributed by atoms with E-state index < -0.39 is 6.10 Å². The molecule has 0 fully saturated rings. The molecule has 1 heterocycles. The topological polar surface area (TPSA) is 61.6 Å². The lowest BCUT2D eigenvalue weighted by molar-refractivity contribution is 0.0399. The zero-order valence-electron chi connectivity index (χ0n) is 14.5. The van der Waals surface area contributed by atoms with Crippen LogP contribution in [0, 0.1) is 11.3 Å². The summed E-state index contributed by atoms with van der Waals surface area (Å²) in [6, 6.07) is 5.80. The number of likely N-dealkylation sites (N-methyl/N-ethyl adjacent to an activating group) is 2. The van der Waals surface area contributed by atoms with E-state index in [-0.39, 0.29) is 12.1 Å². The SMILES string of the molecule is COc1ccc(OC(C#N)C(N(C)C)N(C)C)c(C(C)C)n1. The van der Waals surface area contributed by atoms with Gasteiger partial charge in [-0.05, 0) is 40.2 Å². The van der Waals surface area contributed by atoms with E-state index in [9.17, 15) is 5.26 Å². The maximum absolute atomic E-state index is 9.51. The van der Waals surface area contributed by atoms with Gasteiger partial charge in [0.25, 0.3) is 0 Å². The van der Waals surface area contributed by atoms with E-state index in [2.05, 4.69) is 11.1 Å². The number of hydrogen-bond donors (Lipinski definition) is 0. The van der Waals surface area contributed by atoms with Gasteiger partial charge in [0.15, 0.2) is 0 Å². The first kappa shape index (κ1) is 18.2. The molecule has 1 unspecified atom stereocenters. The van der Waals surface area contributed by atoms with Crippen LogP contribution in [-0.2, 0) is 0 Å². The Morgan fingerprint density at radius 1 is 1.14 bits per heavy atom. The van der Waals surface area contributed by atoms with Crippen LogP contribution in [-0.4, -0.2) is 62.4 Å². The van der Waals surface area contributed by atoms with Crippen molar-refractivity contribution >= 4 is 0 Å².